The minimum Gasteiger partial charge on any atom is -0.387 e. The predicted octanol–water partition coefficient (Wildman–Crippen LogP) is 2.33. The molecular formula is C23H25FN6O3. The molecule has 0 spiro atoms. The van der Waals surface area contributed by atoms with E-state index in [2.05, 4.69) is 26.7 Å². The van der Waals surface area contributed by atoms with Crippen molar-refractivity contribution >= 4 is 22.6 Å². The highest BCUT2D eigenvalue weighted by atomic mass is 19.1. The maximum absolute atomic E-state index is 14.1. The Hall–Kier alpha value is -3.55. The number of carbonyl (C=O) groups is 1. The minimum atomic E-state index is -1.62. The van der Waals surface area contributed by atoms with E-state index in [1.165, 1.54) is 26.2 Å². The highest BCUT2D eigenvalue weighted by Crippen LogP contribution is 2.24. The van der Waals surface area contributed by atoms with Crippen LogP contribution in [0.4, 0.5) is 10.1 Å². The Kier molecular flexibility index (Phi) is 6.26. The zero-order valence-corrected chi connectivity index (χ0v) is 18.4. The molecule has 4 rings (SSSR count). The van der Waals surface area contributed by atoms with E-state index in [9.17, 15) is 14.3 Å². The molecule has 1 aliphatic heterocycles. The number of anilines is 1. The van der Waals surface area contributed by atoms with Crippen molar-refractivity contribution in [1.82, 2.24) is 19.9 Å². The SMILES string of the molecule is CC(C)(O)C(F)CNC(=O)c1cnc(-n2ccc3cc(C#N)cnc32)cc1NC1CCOC1. The second-order valence-electron chi connectivity index (χ2n) is 8.56. The monoisotopic (exact) mass is 452 g/mol. The van der Waals surface area contributed by atoms with Gasteiger partial charge in [0.05, 0.1) is 41.6 Å². The Morgan fingerprint density at radius 1 is 1.42 bits per heavy atom. The van der Waals surface area contributed by atoms with Gasteiger partial charge in [-0.1, -0.05) is 0 Å². The average molecular weight is 452 g/mol. The van der Waals surface area contributed by atoms with Crippen LogP contribution in [0, 0.1) is 11.3 Å². The largest absolute Gasteiger partial charge is 0.387 e. The van der Waals surface area contributed by atoms with Crippen molar-refractivity contribution in [3.63, 3.8) is 0 Å². The van der Waals surface area contributed by atoms with Crippen molar-refractivity contribution in [2.24, 2.45) is 0 Å². The van der Waals surface area contributed by atoms with E-state index in [1.807, 2.05) is 6.07 Å². The van der Waals surface area contributed by atoms with E-state index in [0.717, 1.165) is 11.8 Å². The quantitative estimate of drug-likeness (QED) is 0.502. The molecule has 0 saturated carbocycles. The lowest BCUT2D eigenvalue weighted by Gasteiger charge is -2.23. The number of halogens is 1. The third-order valence-electron chi connectivity index (χ3n) is 5.53. The zero-order valence-electron chi connectivity index (χ0n) is 18.4. The number of aliphatic hydroxyl groups is 1. The standard InChI is InChI=1S/C23H25FN6O3/c1-23(2,32)19(24)12-28-22(31)17-11-26-20(8-18(17)29-16-4-6-33-13-16)30-5-3-15-7-14(9-25)10-27-21(15)30/h3,5,7-8,10-11,16,19,32H,4,6,12-13H2,1-2H3,(H,26,29)(H,28,31). The fourth-order valence-corrected chi connectivity index (χ4v) is 3.54. The topological polar surface area (TPSA) is 125 Å². The number of aromatic nitrogens is 3. The van der Waals surface area contributed by atoms with Gasteiger partial charge in [-0.2, -0.15) is 5.26 Å². The molecule has 0 radical (unpaired) electrons. The number of alkyl halides is 1. The first-order valence-electron chi connectivity index (χ1n) is 10.6. The Balaban J connectivity index is 1.65. The summed E-state index contributed by atoms with van der Waals surface area (Å²) in [4.78, 5) is 21.6. The van der Waals surface area contributed by atoms with Gasteiger partial charge in [0.1, 0.15) is 23.7 Å². The van der Waals surface area contributed by atoms with E-state index in [-0.39, 0.29) is 18.2 Å². The van der Waals surface area contributed by atoms with E-state index in [4.69, 9.17) is 10.00 Å². The van der Waals surface area contributed by atoms with E-state index in [1.54, 1.807) is 22.9 Å². The van der Waals surface area contributed by atoms with Crippen LogP contribution in [-0.4, -0.2) is 63.1 Å². The summed E-state index contributed by atoms with van der Waals surface area (Å²) in [5, 5.41) is 25.5. The van der Waals surface area contributed by atoms with Crippen molar-refractivity contribution in [2.45, 2.75) is 38.1 Å². The fourth-order valence-electron chi connectivity index (χ4n) is 3.54. The second kappa shape index (κ2) is 9.13. The Labute approximate surface area is 190 Å². The van der Waals surface area contributed by atoms with Gasteiger partial charge in [0.25, 0.3) is 5.91 Å². The Morgan fingerprint density at radius 2 is 2.24 bits per heavy atom. The molecule has 0 aliphatic carbocycles. The third-order valence-corrected chi connectivity index (χ3v) is 5.53. The third kappa shape index (κ3) is 4.94. The Bertz CT molecular complexity index is 1210. The lowest BCUT2D eigenvalue weighted by Crippen LogP contribution is -2.42. The van der Waals surface area contributed by atoms with Gasteiger partial charge in [-0.05, 0) is 32.4 Å². The van der Waals surface area contributed by atoms with E-state index in [0.29, 0.717) is 35.9 Å². The molecule has 3 aromatic rings. The van der Waals surface area contributed by atoms with Crippen molar-refractivity contribution in [1.29, 1.82) is 5.26 Å². The number of nitrogens with zero attached hydrogens (tertiary/aromatic N) is 4. The van der Waals surface area contributed by atoms with Crippen molar-refractivity contribution < 1.29 is 19.0 Å². The van der Waals surface area contributed by atoms with Gasteiger partial charge in [0.15, 0.2) is 0 Å². The van der Waals surface area contributed by atoms with Crippen LogP contribution in [0.5, 0.6) is 0 Å². The fraction of sp³-hybridized carbons (Fsp3) is 0.391. The number of amides is 1. The maximum atomic E-state index is 14.1. The molecule has 1 saturated heterocycles. The summed E-state index contributed by atoms with van der Waals surface area (Å²) in [5.74, 6) is 0.0246. The first-order valence-corrected chi connectivity index (χ1v) is 10.6. The number of nitriles is 1. The van der Waals surface area contributed by atoms with Gasteiger partial charge >= 0.3 is 0 Å². The van der Waals surface area contributed by atoms with Crippen LogP contribution in [-0.2, 0) is 4.74 Å². The normalized spacial score (nSPS) is 17.0. The van der Waals surface area contributed by atoms with Crippen molar-refractivity contribution in [2.75, 3.05) is 25.1 Å². The number of hydrogen-bond acceptors (Lipinski definition) is 7. The first kappa shape index (κ1) is 22.6. The molecule has 2 unspecified atom stereocenters. The molecular weight excluding hydrogens is 427 g/mol. The van der Waals surface area contributed by atoms with Crippen LogP contribution in [0.15, 0.2) is 36.8 Å². The van der Waals surface area contributed by atoms with Crippen LogP contribution in [0.2, 0.25) is 0 Å². The molecule has 10 heteroatoms. The molecule has 1 fully saturated rings. The number of carbonyl (C=O) groups excluding carboxylic acids is 1. The first-order chi connectivity index (χ1) is 15.8. The van der Waals surface area contributed by atoms with Gasteiger partial charge in [-0.25, -0.2) is 14.4 Å². The molecule has 0 aromatic carbocycles. The van der Waals surface area contributed by atoms with Crippen molar-refractivity contribution in [3.8, 4) is 11.9 Å². The molecule has 0 bridgehead atoms. The van der Waals surface area contributed by atoms with Gasteiger partial charge in [0.2, 0.25) is 0 Å². The summed E-state index contributed by atoms with van der Waals surface area (Å²) in [7, 11) is 0. The lowest BCUT2D eigenvalue weighted by molar-refractivity contribution is -0.00177. The molecule has 4 heterocycles. The number of nitrogens with one attached hydrogen (secondary N) is 2. The lowest BCUT2D eigenvalue weighted by atomic mass is 10.0. The highest BCUT2D eigenvalue weighted by molar-refractivity contribution is 5.99. The van der Waals surface area contributed by atoms with Crippen LogP contribution in [0.25, 0.3) is 16.9 Å². The summed E-state index contributed by atoms with van der Waals surface area (Å²) in [6, 6.07) is 7.40. The second-order valence-corrected chi connectivity index (χ2v) is 8.56. The molecule has 3 N–H and O–H groups in total. The van der Waals surface area contributed by atoms with Gasteiger partial charge in [0, 0.05) is 36.7 Å². The summed E-state index contributed by atoms with van der Waals surface area (Å²) >= 11 is 0. The summed E-state index contributed by atoms with van der Waals surface area (Å²) in [6.45, 7) is 3.50. The summed E-state index contributed by atoms with van der Waals surface area (Å²) < 4.78 is 21.3. The van der Waals surface area contributed by atoms with E-state index < -0.39 is 17.7 Å². The molecule has 172 valence electrons. The number of pyridine rings is 2. The Morgan fingerprint density at radius 3 is 2.94 bits per heavy atom. The predicted molar refractivity (Wildman–Crippen MR) is 120 cm³/mol. The van der Waals surface area contributed by atoms with Gasteiger partial charge in [-0.3, -0.25) is 9.36 Å². The van der Waals surface area contributed by atoms with Crippen LogP contribution >= 0.6 is 0 Å². The van der Waals surface area contributed by atoms with Crippen LogP contribution in [0.3, 0.4) is 0 Å². The summed E-state index contributed by atoms with van der Waals surface area (Å²) in [6.07, 6.45) is 3.88. The van der Waals surface area contributed by atoms with Gasteiger partial charge in [-0.15, -0.1) is 0 Å². The molecule has 33 heavy (non-hydrogen) atoms. The average Bonchev–Trinajstić information content (AvgIpc) is 3.45. The zero-order chi connectivity index (χ0) is 23.6. The number of rotatable bonds is 7. The number of hydrogen-bond donors (Lipinski definition) is 3. The smallest absolute Gasteiger partial charge is 0.255 e. The molecule has 3 aromatic heterocycles. The minimum absolute atomic E-state index is 0.0230. The van der Waals surface area contributed by atoms with Crippen molar-refractivity contribution in [3.05, 3.63) is 47.9 Å². The van der Waals surface area contributed by atoms with Crippen LogP contribution in [0.1, 0.15) is 36.2 Å². The van der Waals surface area contributed by atoms with E-state index >= 15 is 0 Å². The maximum Gasteiger partial charge on any atom is 0.255 e. The highest BCUT2D eigenvalue weighted by Gasteiger charge is 2.27. The van der Waals surface area contributed by atoms with Gasteiger partial charge < -0.3 is 20.5 Å². The van der Waals surface area contributed by atoms with Crippen LogP contribution < -0.4 is 10.6 Å². The summed E-state index contributed by atoms with van der Waals surface area (Å²) in [5.41, 5.74) is 0.304. The molecule has 2 atom stereocenters. The number of ether oxygens (including phenoxy) is 1. The molecule has 1 aliphatic rings. The molecule has 9 nitrogen and oxygen atoms in total. The molecule has 1 amide bonds. The number of fused-ring (bicyclic) bond motifs is 1.